The molecule has 0 radical (unpaired) electrons. The fraction of sp³-hybridized carbons (Fsp3) is 0.143. The quantitative estimate of drug-likeness (QED) is 0.428. The number of benzene rings is 1. The number of hydrogen-bond donors (Lipinski definition) is 2. The summed E-state index contributed by atoms with van der Waals surface area (Å²) in [5.41, 5.74) is 0.711. The van der Waals surface area contributed by atoms with Crippen LogP contribution < -0.4 is 10.6 Å². The number of thiocarbonyl (C=S) groups is 1. The third-order valence-electron chi connectivity index (χ3n) is 2.72. The Labute approximate surface area is 151 Å². The number of rotatable bonds is 4. The van der Waals surface area contributed by atoms with E-state index in [1.165, 1.54) is 9.09 Å². The van der Waals surface area contributed by atoms with Gasteiger partial charge in [-0.1, -0.05) is 18.2 Å². The molecule has 0 aliphatic carbocycles. The molecule has 0 atom stereocenters. The lowest BCUT2D eigenvalue weighted by atomic mass is 10.2. The van der Waals surface area contributed by atoms with Crippen LogP contribution >= 0.6 is 35.1 Å². The lowest BCUT2D eigenvalue weighted by Crippen LogP contribution is -2.34. The van der Waals surface area contributed by atoms with Gasteiger partial charge >= 0.3 is 5.97 Å². The molecule has 7 nitrogen and oxygen atoms in total. The monoisotopic (exact) mass is 444 g/mol. The fourth-order valence-electron chi connectivity index (χ4n) is 1.70. The topological polar surface area (TPSA) is 85.2 Å². The van der Waals surface area contributed by atoms with E-state index in [-0.39, 0.29) is 23.2 Å². The van der Waals surface area contributed by atoms with Crippen molar-refractivity contribution in [2.75, 3.05) is 11.9 Å². The third-order valence-corrected chi connectivity index (χ3v) is 3.65. The summed E-state index contributed by atoms with van der Waals surface area (Å²) < 4.78 is 6.36. The Balaban J connectivity index is 2.07. The Morgan fingerprint density at radius 3 is 2.70 bits per heavy atom. The minimum atomic E-state index is -0.518. The molecule has 1 aromatic heterocycles. The number of carbonyl (C=O) groups excluding carboxylic acids is 2. The summed E-state index contributed by atoms with van der Waals surface area (Å²) in [6.45, 7) is 1.96. The second kappa shape index (κ2) is 8.02. The van der Waals surface area contributed by atoms with Crippen molar-refractivity contribution in [3.05, 3.63) is 47.7 Å². The molecule has 1 aromatic carbocycles. The number of anilines is 1. The van der Waals surface area contributed by atoms with Crippen LogP contribution in [0.2, 0.25) is 0 Å². The highest BCUT2D eigenvalue weighted by atomic mass is 127. The maximum absolute atomic E-state index is 12.0. The van der Waals surface area contributed by atoms with Gasteiger partial charge in [0.25, 0.3) is 5.91 Å². The van der Waals surface area contributed by atoms with E-state index in [1.54, 1.807) is 31.2 Å². The van der Waals surface area contributed by atoms with Gasteiger partial charge in [0.1, 0.15) is 5.56 Å². The molecule has 1 amide bonds. The second-order valence-electron chi connectivity index (χ2n) is 4.26. The Hall–Kier alpha value is -2.01. The van der Waals surface area contributed by atoms with E-state index in [4.69, 9.17) is 17.0 Å². The van der Waals surface area contributed by atoms with E-state index in [2.05, 4.69) is 15.7 Å². The van der Waals surface area contributed by atoms with Crippen LogP contribution in [0.4, 0.5) is 5.82 Å². The second-order valence-corrected chi connectivity index (χ2v) is 5.58. The summed E-state index contributed by atoms with van der Waals surface area (Å²) in [4.78, 5) is 23.9. The first-order valence-corrected chi connectivity index (χ1v) is 7.99. The van der Waals surface area contributed by atoms with E-state index >= 15 is 0 Å². The first-order chi connectivity index (χ1) is 11.0. The normalized spacial score (nSPS) is 10.0. The molecule has 0 spiro atoms. The third kappa shape index (κ3) is 4.48. The van der Waals surface area contributed by atoms with Crippen molar-refractivity contribution < 1.29 is 14.3 Å². The Bertz CT molecular complexity index is 733. The number of esters is 1. The lowest BCUT2D eigenvalue weighted by molar-refractivity contribution is 0.0527. The van der Waals surface area contributed by atoms with Crippen LogP contribution in [0, 0.1) is 0 Å². The first-order valence-electron chi connectivity index (χ1n) is 6.61. The molecule has 2 N–H and O–H groups in total. The molecule has 0 saturated heterocycles. The number of aromatic nitrogens is 2. The fourth-order valence-corrected chi connectivity index (χ4v) is 2.40. The van der Waals surface area contributed by atoms with Crippen molar-refractivity contribution in [3.8, 4) is 0 Å². The zero-order chi connectivity index (χ0) is 16.8. The van der Waals surface area contributed by atoms with Crippen LogP contribution in [0.25, 0.3) is 0 Å². The minimum absolute atomic E-state index is 0.0582. The SMILES string of the molecule is CCOC(=O)c1cnn(I)c1NC(=S)NC(=O)c1ccccc1. The zero-order valence-electron chi connectivity index (χ0n) is 12.1. The summed E-state index contributed by atoms with van der Waals surface area (Å²) in [5, 5.41) is 9.37. The smallest absolute Gasteiger partial charge is 0.343 e. The highest BCUT2D eigenvalue weighted by Crippen LogP contribution is 2.18. The molecule has 9 heteroatoms. The Kier molecular flexibility index (Phi) is 6.04. The largest absolute Gasteiger partial charge is 0.462 e. The molecule has 0 unspecified atom stereocenters. The standard InChI is InChI=1S/C14H13IN4O3S/c1-2-22-13(21)10-8-16-19(15)11(10)17-14(23)18-12(20)9-6-4-3-5-7-9/h3-8H,2H2,1H3,(H2,17,18,20,23). The summed E-state index contributed by atoms with van der Waals surface area (Å²) in [6.07, 6.45) is 1.37. The van der Waals surface area contributed by atoms with Gasteiger partial charge in [0.2, 0.25) is 0 Å². The number of nitrogens with zero attached hydrogens (tertiary/aromatic N) is 2. The molecule has 0 aliphatic rings. The number of hydrogen-bond acceptors (Lipinski definition) is 5. The minimum Gasteiger partial charge on any atom is -0.462 e. The predicted molar refractivity (Wildman–Crippen MR) is 97.7 cm³/mol. The highest BCUT2D eigenvalue weighted by molar-refractivity contribution is 14.1. The highest BCUT2D eigenvalue weighted by Gasteiger charge is 2.19. The van der Waals surface area contributed by atoms with E-state index < -0.39 is 5.97 Å². The number of carbonyl (C=O) groups is 2. The first kappa shape index (κ1) is 17.3. The molecular formula is C14H13IN4O3S. The van der Waals surface area contributed by atoms with Crippen molar-refractivity contribution >= 4 is 57.9 Å². The van der Waals surface area contributed by atoms with Crippen LogP contribution in [-0.4, -0.2) is 31.6 Å². The van der Waals surface area contributed by atoms with Crippen molar-refractivity contribution in [2.24, 2.45) is 0 Å². The number of ether oxygens (including phenoxy) is 1. The molecule has 2 rings (SSSR count). The van der Waals surface area contributed by atoms with E-state index in [0.29, 0.717) is 11.4 Å². The predicted octanol–water partition coefficient (Wildman–Crippen LogP) is 2.38. The van der Waals surface area contributed by atoms with Crippen molar-refractivity contribution in [2.45, 2.75) is 6.92 Å². The zero-order valence-corrected chi connectivity index (χ0v) is 15.1. The summed E-state index contributed by atoms with van der Waals surface area (Å²) in [6, 6.07) is 8.66. The van der Waals surface area contributed by atoms with Crippen LogP contribution in [0.15, 0.2) is 36.5 Å². The molecule has 2 aromatic rings. The van der Waals surface area contributed by atoms with Gasteiger partial charge in [-0.2, -0.15) is 7.99 Å². The number of nitrogens with one attached hydrogen (secondary N) is 2. The van der Waals surface area contributed by atoms with Gasteiger partial charge in [-0.3, -0.25) is 10.1 Å². The van der Waals surface area contributed by atoms with Gasteiger partial charge in [-0.05, 0) is 31.3 Å². The van der Waals surface area contributed by atoms with E-state index in [9.17, 15) is 9.59 Å². The van der Waals surface area contributed by atoms with Gasteiger partial charge in [-0.15, -0.1) is 0 Å². The molecule has 0 fully saturated rings. The van der Waals surface area contributed by atoms with Crippen LogP contribution in [0.5, 0.6) is 0 Å². The van der Waals surface area contributed by atoms with Gasteiger partial charge < -0.3 is 10.1 Å². The van der Waals surface area contributed by atoms with Crippen LogP contribution in [0.3, 0.4) is 0 Å². The summed E-state index contributed by atoms with van der Waals surface area (Å²) in [7, 11) is 0. The van der Waals surface area contributed by atoms with Gasteiger partial charge in [0.15, 0.2) is 10.9 Å². The van der Waals surface area contributed by atoms with E-state index in [1.807, 2.05) is 28.9 Å². The average molecular weight is 444 g/mol. The number of amides is 1. The summed E-state index contributed by atoms with van der Waals surface area (Å²) >= 11 is 6.99. The van der Waals surface area contributed by atoms with Gasteiger partial charge in [0, 0.05) is 5.56 Å². The van der Waals surface area contributed by atoms with E-state index in [0.717, 1.165) is 0 Å². The van der Waals surface area contributed by atoms with Crippen molar-refractivity contribution in [1.82, 2.24) is 13.3 Å². The maximum atomic E-state index is 12.0. The molecule has 0 aliphatic heterocycles. The average Bonchev–Trinajstić information content (AvgIpc) is 2.89. The van der Waals surface area contributed by atoms with Crippen LogP contribution in [-0.2, 0) is 4.74 Å². The van der Waals surface area contributed by atoms with Crippen LogP contribution in [0.1, 0.15) is 27.6 Å². The molecule has 0 bridgehead atoms. The Morgan fingerprint density at radius 2 is 2.04 bits per heavy atom. The number of halogens is 1. The summed E-state index contributed by atoms with van der Waals surface area (Å²) in [5.74, 6) is -0.530. The Morgan fingerprint density at radius 1 is 1.35 bits per heavy atom. The van der Waals surface area contributed by atoms with Crippen molar-refractivity contribution in [1.29, 1.82) is 0 Å². The van der Waals surface area contributed by atoms with Gasteiger partial charge in [0.05, 0.1) is 35.7 Å². The van der Waals surface area contributed by atoms with Crippen molar-refractivity contribution in [3.63, 3.8) is 0 Å². The maximum Gasteiger partial charge on any atom is 0.343 e. The molecule has 1 heterocycles. The molecule has 23 heavy (non-hydrogen) atoms. The molecule has 120 valence electrons. The molecule has 0 saturated carbocycles. The lowest BCUT2D eigenvalue weighted by Gasteiger charge is -2.10. The van der Waals surface area contributed by atoms with Gasteiger partial charge in [-0.25, -0.2) is 4.79 Å². The molecular weight excluding hydrogens is 431 g/mol.